The molecular formula is C23H18BrN3OS2. The van der Waals surface area contributed by atoms with E-state index in [0.717, 1.165) is 21.1 Å². The van der Waals surface area contributed by atoms with Crippen LogP contribution in [0.5, 0.6) is 0 Å². The van der Waals surface area contributed by atoms with Crippen molar-refractivity contribution in [1.29, 1.82) is 0 Å². The monoisotopic (exact) mass is 495 g/mol. The van der Waals surface area contributed by atoms with Gasteiger partial charge in [0.05, 0.1) is 11.5 Å². The first kappa shape index (κ1) is 20.9. The molecule has 0 saturated heterocycles. The van der Waals surface area contributed by atoms with Gasteiger partial charge >= 0.3 is 0 Å². The summed E-state index contributed by atoms with van der Waals surface area (Å²) in [5, 5.41) is 9.53. The summed E-state index contributed by atoms with van der Waals surface area (Å²) in [5.74, 6) is 1.91. The van der Waals surface area contributed by atoms with Gasteiger partial charge in [0, 0.05) is 20.6 Å². The van der Waals surface area contributed by atoms with Gasteiger partial charge < -0.3 is 0 Å². The third-order valence-corrected chi connectivity index (χ3v) is 6.79. The van der Waals surface area contributed by atoms with E-state index in [1.807, 2.05) is 77.4 Å². The molecule has 1 aromatic heterocycles. The predicted molar refractivity (Wildman–Crippen MR) is 127 cm³/mol. The third kappa shape index (κ3) is 5.22. The number of Topliss-reactive ketones (excluding diaryl/α,β-unsaturated/α-hetero) is 1. The molecule has 0 radical (unpaired) electrons. The fourth-order valence-corrected chi connectivity index (χ4v) is 4.80. The molecule has 4 nitrogen and oxygen atoms in total. The maximum Gasteiger partial charge on any atom is 0.196 e. The van der Waals surface area contributed by atoms with E-state index in [-0.39, 0.29) is 5.78 Å². The van der Waals surface area contributed by atoms with Crippen LogP contribution in [0.3, 0.4) is 0 Å². The molecule has 4 rings (SSSR count). The Balaban J connectivity index is 1.54. The number of nitrogens with zero attached hydrogens (tertiary/aromatic N) is 3. The van der Waals surface area contributed by atoms with E-state index in [1.165, 1.54) is 16.7 Å². The molecule has 0 spiro atoms. The highest BCUT2D eigenvalue weighted by molar-refractivity contribution is 9.10. The Morgan fingerprint density at radius 1 is 0.833 bits per heavy atom. The van der Waals surface area contributed by atoms with Gasteiger partial charge in [0.2, 0.25) is 0 Å². The Kier molecular flexibility index (Phi) is 7.04. The van der Waals surface area contributed by atoms with Gasteiger partial charge in [0.15, 0.2) is 10.9 Å². The van der Waals surface area contributed by atoms with Crippen molar-refractivity contribution in [1.82, 2.24) is 14.8 Å². The summed E-state index contributed by atoms with van der Waals surface area (Å²) in [6, 6.07) is 27.7. The third-order valence-electron chi connectivity index (χ3n) is 4.32. The first-order valence-corrected chi connectivity index (χ1v) is 12.1. The molecule has 0 N–H and O–H groups in total. The number of aromatic nitrogens is 3. The molecular weight excluding hydrogens is 478 g/mol. The van der Waals surface area contributed by atoms with Crippen molar-refractivity contribution in [3.05, 3.63) is 101 Å². The van der Waals surface area contributed by atoms with Crippen LogP contribution >= 0.6 is 39.5 Å². The van der Waals surface area contributed by atoms with Crippen LogP contribution in [0.2, 0.25) is 0 Å². The van der Waals surface area contributed by atoms with Crippen LogP contribution < -0.4 is 0 Å². The number of para-hydroxylation sites is 1. The quantitative estimate of drug-likeness (QED) is 0.212. The van der Waals surface area contributed by atoms with Crippen LogP contribution in [-0.2, 0) is 5.75 Å². The van der Waals surface area contributed by atoms with Crippen LogP contribution in [-0.4, -0.2) is 26.3 Å². The lowest BCUT2D eigenvalue weighted by molar-refractivity contribution is 0.102. The number of carbonyl (C=O) groups excluding carboxylic acids is 1. The molecule has 0 aliphatic heterocycles. The highest BCUT2D eigenvalue weighted by Crippen LogP contribution is 2.27. The molecule has 0 fully saturated rings. The Bertz CT molecular complexity index is 1120. The van der Waals surface area contributed by atoms with E-state index in [9.17, 15) is 4.79 Å². The van der Waals surface area contributed by atoms with Gasteiger partial charge in [-0.1, -0.05) is 76.2 Å². The smallest absolute Gasteiger partial charge is 0.196 e. The van der Waals surface area contributed by atoms with E-state index in [2.05, 4.69) is 38.3 Å². The molecule has 0 unspecified atom stereocenters. The van der Waals surface area contributed by atoms with Crippen molar-refractivity contribution < 1.29 is 4.79 Å². The average Bonchev–Trinajstić information content (AvgIpc) is 3.20. The molecule has 30 heavy (non-hydrogen) atoms. The molecule has 0 saturated carbocycles. The van der Waals surface area contributed by atoms with Gasteiger partial charge in [0.25, 0.3) is 0 Å². The normalized spacial score (nSPS) is 10.8. The van der Waals surface area contributed by atoms with Crippen molar-refractivity contribution in [2.24, 2.45) is 0 Å². The molecule has 0 aliphatic carbocycles. The zero-order valence-electron chi connectivity index (χ0n) is 15.9. The molecule has 0 amide bonds. The molecule has 0 atom stereocenters. The van der Waals surface area contributed by atoms with E-state index in [1.54, 1.807) is 11.8 Å². The maximum atomic E-state index is 12.6. The number of hydrogen-bond donors (Lipinski definition) is 0. The zero-order chi connectivity index (χ0) is 20.8. The van der Waals surface area contributed by atoms with Gasteiger partial charge in [-0.25, -0.2) is 0 Å². The summed E-state index contributed by atoms with van der Waals surface area (Å²) in [4.78, 5) is 13.8. The second-order valence-electron chi connectivity index (χ2n) is 6.39. The van der Waals surface area contributed by atoms with Crippen LogP contribution in [0.15, 0.2) is 99.5 Å². The minimum absolute atomic E-state index is 0.0651. The minimum Gasteiger partial charge on any atom is -0.293 e. The molecule has 0 aliphatic rings. The number of benzene rings is 3. The Morgan fingerprint density at radius 3 is 2.20 bits per heavy atom. The van der Waals surface area contributed by atoms with E-state index >= 15 is 0 Å². The second kappa shape index (κ2) is 10.1. The minimum atomic E-state index is 0.0651. The Hall–Kier alpha value is -2.35. The summed E-state index contributed by atoms with van der Waals surface area (Å²) >= 11 is 6.52. The standard InChI is InChI=1S/C23H18BrN3OS2/c24-18-13-11-17(12-14-18)21(28)15-30-23-26-25-22(16-29-20-9-5-2-6-10-20)27(23)19-7-3-1-4-8-19/h1-14H,15-16H2. The van der Waals surface area contributed by atoms with Crippen molar-refractivity contribution in [3.63, 3.8) is 0 Å². The lowest BCUT2D eigenvalue weighted by Gasteiger charge is -2.10. The molecule has 0 bridgehead atoms. The lowest BCUT2D eigenvalue weighted by Crippen LogP contribution is -2.05. The summed E-state index contributed by atoms with van der Waals surface area (Å²) in [7, 11) is 0. The van der Waals surface area contributed by atoms with E-state index in [0.29, 0.717) is 17.1 Å². The second-order valence-corrected chi connectivity index (χ2v) is 9.30. The highest BCUT2D eigenvalue weighted by atomic mass is 79.9. The SMILES string of the molecule is O=C(CSc1nnc(CSc2ccccc2)n1-c1ccccc1)c1ccc(Br)cc1. The molecule has 150 valence electrons. The first-order valence-electron chi connectivity index (χ1n) is 9.30. The summed E-state index contributed by atoms with van der Waals surface area (Å²) < 4.78 is 2.99. The number of rotatable bonds is 8. The van der Waals surface area contributed by atoms with Crippen molar-refractivity contribution >= 4 is 45.2 Å². The van der Waals surface area contributed by atoms with Crippen molar-refractivity contribution in [2.45, 2.75) is 15.8 Å². The molecule has 1 heterocycles. The van der Waals surface area contributed by atoms with Crippen LogP contribution in [0.1, 0.15) is 16.2 Å². The van der Waals surface area contributed by atoms with Gasteiger partial charge in [-0.3, -0.25) is 9.36 Å². The first-order chi connectivity index (χ1) is 14.7. The van der Waals surface area contributed by atoms with Crippen LogP contribution in [0.4, 0.5) is 0 Å². The fraction of sp³-hybridized carbons (Fsp3) is 0.0870. The largest absolute Gasteiger partial charge is 0.293 e. The van der Waals surface area contributed by atoms with Gasteiger partial charge in [-0.15, -0.1) is 22.0 Å². The number of ketones is 1. The number of halogens is 1. The zero-order valence-corrected chi connectivity index (χ0v) is 19.2. The van der Waals surface area contributed by atoms with Crippen molar-refractivity contribution in [3.8, 4) is 5.69 Å². The van der Waals surface area contributed by atoms with Crippen LogP contribution in [0.25, 0.3) is 5.69 Å². The van der Waals surface area contributed by atoms with Crippen molar-refractivity contribution in [2.75, 3.05) is 5.75 Å². The average molecular weight is 496 g/mol. The lowest BCUT2D eigenvalue weighted by atomic mass is 10.2. The van der Waals surface area contributed by atoms with Gasteiger partial charge in [-0.2, -0.15) is 0 Å². The van der Waals surface area contributed by atoms with Gasteiger partial charge in [-0.05, 0) is 36.4 Å². The van der Waals surface area contributed by atoms with E-state index in [4.69, 9.17) is 0 Å². The number of thioether (sulfide) groups is 2. The summed E-state index contributed by atoms with van der Waals surface area (Å²) in [6.45, 7) is 0. The molecule has 4 aromatic rings. The summed E-state index contributed by atoms with van der Waals surface area (Å²) in [5.41, 5.74) is 1.68. The predicted octanol–water partition coefficient (Wildman–Crippen LogP) is 6.30. The van der Waals surface area contributed by atoms with E-state index < -0.39 is 0 Å². The topological polar surface area (TPSA) is 47.8 Å². The number of carbonyl (C=O) groups is 1. The van der Waals surface area contributed by atoms with Gasteiger partial charge in [0.1, 0.15) is 5.82 Å². The molecule has 7 heteroatoms. The highest BCUT2D eigenvalue weighted by Gasteiger charge is 2.16. The fourth-order valence-electron chi connectivity index (χ4n) is 2.84. The molecule has 3 aromatic carbocycles. The Morgan fingerprint density at radius 2 is 1.50 bits per heavy atom. The number of hydrogen-bond acceptors (Lipinski definition) is 5. The Labute approximate surface area is 192 Å². The maximum absolute atomic E-state index is 12.6. The van der Waals surface area contributed by atoms with Crippen LogP contribution in [0, 0.1) is 0 Å². The summed E-state index contributed by atoms with van der Waals surface area (Å²) in [6.07, 6.45) is 0.